The molecule has 0 saturated carbocycles. The number of hydrogen-bond donors (Lipinski definition) is 14. The minimum Gasteiger partial charge on any atom is -0.507 e. The number of aliphatic hydroxyl groups excluding tert-OH is 4. The van der Waals surface area contributed by atoms with Crippen LogP contribution in [0.1, 0.15) is 130 Å². The highest BCUT2D eigenvalue weighted by atomic mass is 16.4. The number of benzene rings is 4. The molecule has 0 fully saturated rings. The van der Waals surface area contributed by atoms with Crippen molar-refractivity contribution >= 4 is 46.6 Å². The van der Waals surface area contributed by atoms with Gasteiger partial charge in [-0.2, -0.15) is 0 Å². The summed E-state index contributed by atoms with van der Waals surface area (Å²) in [7, 11) is 0. The summed E-state index contributed by atoms with van der Waals surface area (Å²) in [5.74, 6) is -20.1. The summed E-state index contributed by atoms with van der Waals surface area (Å²) >= 11 is 0. The Morgan fingerprint density at radius 1 is 0.452 bits per heavy atom. The van der Waals surface area contributed by atoms with Gasteiger partial charge in [0.1, 0.15) is 63.6 Å². The lowest BCUT2D eigenvalue weighted by Crippen LogP contribution is -2.46. The maximum Gasteiger partial charge on any atom is 0.340 e. The van der Waals surface area contributed by atoms with Gasteiger partial charge in [-0.25, -0.2) is 9.59 Å². The van der Waals surface area contributed by atoms with Gasteiger partial charge in [-0.15, -0.1) is 0 Å². The van der Waals surface area contributed by atoms with Gasteiger partial charge >= 0.3 is 11.9 Å². The van der Waals surface area contributed by atoms with Crippen molar-refractivity contribution in [1.82, 2.24) is 0 Å². The third-order valence-electron chi connectivity index (χ3n) is 10.1. The Morgan fingerprint density at radius 3 is 1.11 bits per heavy atom. The predicted octanol–water partition coefficient (Wildman–Crippen LogP) is 0.431. The number of Topliss-reactive ketones (excluding diaryl/α,β-unsaturated/α-hetero) is 2. The molecule has 62 heavy (non-hydrogen) atoms. The van der Waals surface area contributed by atoms with Crippen LogP contribution in [-0.4, -0.2) is 143 Å². The largest absolute Gasteiger partial charge is 0.507 e. The number of carbonyl (C=O) groups excluding carboxylic acids is 6. The summed E-state index contributed by atoms with van der Waals surface area (Å²) < 4.78 is 0. The van der Waals surface area contributed by atoms with Gasteiger partial charge in [0, 0.05) is 11.1 Å². The molecule has 4 aromatic carbocycles. The molecule has 0 heterocycles. The Balaban J connectivity index is 0.000000242. The first-order valence-electron chi connectivity index (χ1n) is 17.4. The number of aromatic carboxylic acids is 2. The van der Waals surface area contributed by atoms with Crippen LogP contribution in [-0.2, 0) is 0 Å². The second kappa shape index (κ2) is 15.6. The summed E-state index contributed by atoms with van der Waals surface area (Å²) in [5, 5.41) is 140. The van der Waals surface area contributed by atoms with Gasteiger partial charge in [0.25, 0.3) is 0 Å². The van der Waals surface area contributed by atoms with Gasteiger partial charge in [0.2, 0.25) is 5.78 Å². The molecule has 324 valence electrons. The molecule has 0 radical (unpaired) electrons. The first kappa shape index (κ1) is 45.2. The molecule has 4 aromatic rings. The van der Waals surface area contributed by atoms with Crippen LogP contribution in [0.3, 0.4) is 0 Å². The minimum atomic E-state index is -2.58. The van der Waals surface area contributed by atoms with E-state index in [1.165, 1.54) is 13.8 Å². The highest BCUT2D eigenvalue weighted by Gasteiger charge is 2.46. The second-order valence-electron chi connectivity index (χ2n) is 14.0. The topological polar surface area (TPSA) is 420 Å². The summed E-state index contributed by atoms with van der Waals surface area (Å²) in [6, 6.07) is 1.85. The maximum absolute atomic E-state index is 13.2. The van der Waals surface area contributed by atoms with Gasteiger partial charge in [0.05, 0.1) is 39.5 Å². The van der Waals surface area contributed by atoms with E-state index in [1.807, 2.05) is 0 Å². The Bertz CT molecular complexity index is 2790. The van der Waals surface area contributed by atoms with E-state index in [-0.39, 0.29) is 11.1 Å². The van der Waals surface area contributed by atoms with Gasteiger partial charge < -0.3 is 71.5 Å². The average molecular weight is 865 g/mol. The van der Waals surface area contributed by atoms with E-state index in [2.05, 4.69) is 0 Å². The van der Waals surface area contributed by atoms with Gasteiger partial charge in [-0.05, 0) is 51.0 Å². The van der Waals surface area contributed by atoms with E-state index in [0.29, 0.717) is 0 Å². The fraction of sp³-hybridized carbons (Fsp3) is 0.200. The number of fused-ring (bicyclic) bond motifs is 4. The minimum absolute atomic E-state index is 0.0489. The fourth-order valence-corrected chi connectivity index (χ4v) is 7.22. The molecule has 0 saturated heterocycles. The molecule has 4 unspecified atom stereocenters. The van der Waals surface area contributed by atoms with Crippen molar-refractivity contribution in [2.45, 2.75) is 52.1 Å². The molecule has 2 aliphatic carbocycles. The SMILES string of the molecule is CC(=O)c1c(O)c(O)c2c(c1O)C(=O)c1c(C)cc(O)c(C(=O)O)c1C2=O.Cc1cc(O)c(C(=O)O)c2c1C(=O)c1c(O)c(C(=O)C(O)C(O)C(O)C(C)O)c(O)c(O)c1C2=O. The van der Waals surface area contributed by atoms with Crippen LogP contribution in [0.15, 0.2) is 12.1 Å². The summed E-state index contributed by atoms with van der Waals surface area (Å²) in [6.45, 7) is 4.57. The third kappa shape index (κ3) is 6.55. The summed E-state index contributed by atoms with van der Waals surface area (Å²) in [4.78, 5) is 99.8. The number of hydrogen-bond acceptors (Lipinski definition) is 20. The van der Waals surface area contributed by atoms with Crippen molar-refractivity contribution in [3.63, 3.8) is 0 Å². The molecular weight excluding hydrogens is 832 g/mol. The van der Waals surface area contributed by atoms with E-state index in [4.69, 9.17) is 0 Å². The molecule has 2 aliphatic rings. The van der Waals surface area contributed by atoms with Crippen LogP contribution in [0, 0.1) is 13.8 Å². The maximum atomic E-state index is 13.2. The Morgan fingerprint density at radius 2 is 0.774 bits per heavy atom. The lowest BCUT2D eigenvalue weighted by molar-refractivity contribution is -0.0894. The van der Waals surface area contributed by atoms with E-state index in [0.717, 1.165) is 26.0 Å². The van der Waals surface area contributed by atoms with Crippen molar-refractivity contribution in [3.8, 4) is 46.0 Å². The summed E-state index contributed by atoms with van der Waals surface area (Å²) in [5.41, 5.74) is -10.0. The molecule has 22 nitrogen and oxygen atoms in total. The van der Waals surface area contributed by atoms with Crippen LogP contribution in [0.25, 0.3) is 0 Å². The fourth-order valence-electron chi connectivity index (χ4n) is 7.22. The highest BCUT2D eigenvalue weighted by Crippen LogP contribution is 2.50. The number of rotatable bonds is 8. The van der Waals surface area contributed by atoms with Crippen LogP contribution in [0.4, 0.5) is 0 Å². The van der Waals surface area contributed by atoms with Crippen LogP contribution in [0.2, 0.25) is 0 Å². The molecule has 0 amide bonds. The van der Waals surface area contributed by atoms with Crippen molar-refractivity contribution in [3.05, 3.63) is 90.0 Å². The number of carbonyl (C=O) groups is 8. The number of ketones is 6. The normalized spacial score (nSPS) is 14.6. The van der Waals surface area contributed by atoms with Gasteiger partial charge in [0.15, 0.2) is 51.9 Å². The van der Waals surface area contributed by atoms with E-state index in [9.17, 15) is 110 Å². The zero-order valence-corrected chi connectivity index (χ0v) is 32.0. The van der Waals surface area contributed by atoms with Crippen molar-refractivity contribution in [2.24, 2.45) is 0 Å². The number of aryl methyl sites for hydroxylation is 2. The van der Waals surface area contributed by atoms with Crippen LogP contribution >= 0.6 is 0 Å². The van der Waals surface area contributed by atoms with Crippen LogP contribution < -0.4 is 0 Å². The zero-order chi connectivity index (χ0) is 47.0. The second-order valence-corrected chi connectivity index (χ2v) is 14.0. The molecule has 4 atom stereocenters. The molecule has 14 N–H and O–H groups in total. The first-order valence-corrected chi connectivity index (χ1v) is 17.4. The van der Waals surface area contributed by atoms with Crippen molar-refractivity contribution in [2.75, 3.05) is 0 Å². The molecule has 0 aromatic heterocycles. The van der Waals surface area contributed by atoms with Gasteiger partial charge in [-0.3, -0.25) is 28.8 Å². The van der Waals surface area contributed by atoms with Gasteiger partial charge in [-0.1, -0.05) is 0 Å². The quantitative estimate of drug-likeness (QED) is 0.0560. The average Bonchev–Trinajstić information content (AvgIpc) is 3.16. The van der Waals surface area contributed by atoms with Crippen molar-refractivity contribution in [1.29, 1.82) is 0 Å². The Labute approximate surface area is 344 Å². The number of phenolic OH excluding ortho intramolecular Hbond substituents is 6. The van der Waals surface area contributed by atoms with E-state index in [1.54, 1.807) is 0 Å². The predicted molar refractivity (Wildman–Crippen MR) is 200 cm³/mol. The molecule has 0 aliphatic heterocycles. The number of carboxylic acids is 2. The Kier molecular flexibility index (Phi) is 11.4. The molecule has 22 heteroatoms. The lowest BCUT2D eigenvalue weighted by Gasteiger charge is -2.26. The molecule has 0 spiro atoms. The van der Waals surface area contributed by atoms with Crippen molar-refractivity contribution < 1.29 is 110 Å². The highest BCUT2D eigenvalue weighted by molar-refractivity contribution is 6.35. The smallest absolute Gasteiger partial charge is 0.340 e. The Hall–Kier alpha value is -7.92. The molecule has 6 rings (SSSR count). The summed E-state index contributed by atoms with van der Waals surface area (Å²) in [6.07, 6.45) is -8.58. The monoisotopic (exact) mass is 864 g/mol. The standard InChI is InChI=1S/C22H20O13.C18H12O9/c1-4-3-6(24)8(22(34)35)9-7(4)14(26)10-11(15(9)27)17(29)18(30)12(16(10)28)19(31)21(33)20(32)13(25)5(2)23;1-4-3-6(20)9(18(26)27)10-7(4)13(21)11-12(15(10)23)17(25)16(24)8(5(2)19)14(11)22/h3,5,13,20-21,23-25,28-30,32-33H,1-2H3,(H,34,35);3,20,22,24-25H,1-2H3,(H,26,27). The first-order chi connectivity index (χ1) is 28.6. The number of phenols is 8. The zero-order valence-electron chi connectivity index (χ0n) is 32.0. The lowest BCUT2D eigenvalue weighted by atomic mass is 9.77. The van der Waals surface area contributed by atoms with E-state index >= 15 is 0 Å². The van der Waals surface area contributed by atoms with Crippen LogP contribution in [0.5, 0.6) is 46.0 Å². The third-order valence-corrected chi connectivity index (χ3v) is 10.1. The number of aromatic hydroxyl groups is 8. The number of carboxylic acid groups (broad SMARTS) is 2. The number of aliphatic hydroxyl groups is 4. The molecule has 0 bridgehead atoms. The van der Waals surface area contributed by atoms with E-state index < -0.39 is 184 Å². The molecular formula is C40H32O22.